The molecule has 0 saturated carbocycles. The van der Waals surface area contributed by atoms with Crippen molar-refractivity contribution in [3.63, 3.8) is 0 Å². The van der Waals surface area contributed by atoms with Gasteiger partial charge in [0.05, 0.1) is 0 Å². The smallest absolute Gasteiger partial charge is 0.256 e. The van der Waals surface area contributed by atoms with Gasteiger partial charge in [0.2, 0.25) is 0 Å². The van der Waals surface area contributed by atoms with Crippen LogP contribution < -0.4 is 0 Å². The van der Waals surface area contributed by atoms with Gasteiger partial charge in [0.25, 0.3) is 11.4 Å². The predicted octanol–water partition coefficient (Wildman–Crippen LogP) is 3.49. The van der Waals surface area contributed by atoms with E-state index in [0.29, 0.717) is 0 Å². The molecule has 24 heavy (non-hydrogen) atoms. The Morgan fingerprint density at radius 2 is 1.08 bits per heavy atom. The van der Waals surface area contributed by atoms with Gasteiger partial charge in [-0.1, -0.05) is 48.5 Å². The van der Waals surface area contributed by atoms with E-state index in [2.05, 4.69) is 58.6 Å². The maximum atomic E-state index is 5.92. The fourth-order valence-corrected chi connectivity index (χ4v) is 4.13. The first kappa shape index (κ1) is 13.8. The van der Waals surface area contributed by atoms with E-state index in [1.54, 1.807) is 0 Å². The number of likely N-dealkylation sites (N-methyl/N-ethyl adjacent to an activating group) is 2. The number of rotatable bonds is 0. The molecular weight excluding hydrogens is 300 g/mol. The molecule has 2 aromatic rings. The standard InChI is InChI=1S/C20H18N2O2/c1-21-13-11-15-7-3-5-9-17(15)19(21)20(24-23-19)18-10-6-4-8-16(18)12-14-22(20)2/h3-14H,1-2H3. The van der Waals surface area contributed by atoms with Gasteiger partial charge < -0.3 is 9.80 Å². The highest BCUT2D eigenvalue weighted by Gasteiger charge is 2.72. The van der Waals surface area contributed by atoms with Gasteiger partial charge in [-0.25, -0.2) is 0 Å². The van der Waals surface area contributed by atoms with Crippen molar-refractivity contribution in [2.75, 3.05) is 14.1 Å². The molecule has 0 radical (unpaired) electrons. The summed E-state index contributed by atoms with van der Waals surface area (Å²) in [7, 11) is 4.07. The lowest BCUT2D eigenvalue weighted by Gasteiger charge is -2.63. The van der Waals surface area contributed by atoms with Gasteiger partial charge in [-0.15, -0.1) is 0 Å². The van der Waals surface area contributed by atoms with E-state index in [9.17, 15) is 0 Å². The number of benzene rings is 2. The topological polar surface area (TPSA) is 24.9 Å². The third kappa shape index (κ3) is 1.37. The molecule has 3 heterocycles. The molecule has 4 heteroatoms. The molecule has 0 aromatic heterocycles. The highest BCUT2D eigenvalue weighted by Crippen LogP contribution is 2.61. The van der Waals surface area contributed by atoms with E-state index in [1.807, 2.05) is 38.4 Å². The summed E-state index contributed by atoms with van der Waals surface area (Å²) in [6.07, 6.45) is 8.34. The van der Waals surface area contributed by atoms with Gasteiger partial charge in [-0.2, -0.15) is 9.78 Å². The number of hydrogen-bond donors (Lipinski definition) is 0. The minimum absolute atomic E-state index is 0.728. The average Bonchev–Trinajstić information content (AvgIpc) is 2.60. The van der Waals surface area contributed by atoms with E-state index >= 15 is 0 Å². The van der Waals surface area contributed by atoms with Crippen molar-refractivity contribution in [3.05, 3.63) is 83.2 Å². The van der Waals surface area contributed by atoms with Crippen molar-refractivity contribution in [3.8, 4) is 0 Å². The Labute approximate surface area is 141 Å². The molecule has 0 aliphatic carbocycles. The fourth-order valence-electron chi connectivity index (χ4n) is 4.13. The van der Waals surface area contributed by atoms with Crippen LogP contribution in [-0.2, 0) is 21.2 Å². The zero-order valence-corrected chi connectivity index (χ0v) is 13.6. The molecule has 1 fully saturated rings. The maximum absolute atomic E-state index is 5.92. The molecular formula is C20H18N2O2. The van der Waals surface area contributed by atoms with Crippen LogP contribution in [0.1, 0.15) is 22.3 Å². The largest absolute Gasteiger partial charge is 0.343 e. The Bertz CT molecular complexity index is 817. The van der Waals surface area contributed by atoms with Crippen LogP contribution in [0.25, 0.3) is 12.2 Å². The van der Waals surface area contributed by atoms with E-state index in [1.165, 1.54) is 0 Å². The molecule has 2 spiro atoms. The van der Waals surface area contributed by atoms with Crippen LogP contribution in [0, 0.1) is 0 Å². The molecule has 4 nitrogen and oxygen atoms in total. The van der Waals surface area contributed by atoms with Crippen LogP contribution >= 0.6 is 0 Å². The second kappa shape index (κ2) is 4.50. The van der Waals surface area contributed by atoms with Crippen LogP contribution in [0.4, 0.5) is 0 Å². The van der Waals surface area contributed by atoms with Gasteiger partial charge in [0.1, 0.15) is 0 Å². The zero-order chi connectivity index (χ0) is 16.4. The van der Waals surface area contributed by atoms with Crippen molar-refractivity contribution in [1.82, 2.24) is 9.80 Å². The first-order chi connectivity index (χ1) is 11.7. The van der Waals surface area contributed by atoms with Crippen LogP contribution in [0.15, 0.2) is 60.9 Å². The molecule has 2 unspecified atom stereocenters. The minimum Gasteiger partial charge on any atom is -0.343 e. The summed E-state index contributed by atoms with van der Waals surface area (Å²) < 4.78 is 0. The molecule has 3 aliphatic heterocycles. The van der Waals surface area contributed by atoms with E-state index < -0.39 is 11.4 Å². The first-order valence-electron chi connectivity index (χ1n) is 8.08. The quantitative estimate of drug-likeness (QED) is 0.694. The van der Waals surface area contributed by atoms with Gasteiger partial charge in [0.15, 0.2) is 0 Å². The zero-order valence-electron chi connectivity index (χ0n) is 13.6. The summed E-state index contributed by atoms with van der Waals surface area (Å²) >= 11 is 0. The lowest BCUT2D eigenvalue weighted by molar-refractivity contribution is -0.622. The number of hydrogen-bond acceptors (Lipinski definition) is 4. The normalized spacial score (nSPS) is 29.6. The van der Waals surface area contributed by atoms with E-state index in [0.717, 1.165) is 22.3 Å². The minimum atomic E-state index is -0.728. The van der Waals surface area contributed by atoms with Crippen LogP contribution in [0.5, 0.6) is 0 Å². The van der Waals surface area contributed by atoms with Crippen molar-refractivity contribution in [2.45, 2.75) is 11.4 Å². The average molecular weight is 318 g/mol. The first-order valence-corrected chi connectivity index (χ1v) is 8.08. The highest BCUT2D eigenvalue weighted by molar-refractivity contribution is 5.63. The van der Waals surface area contributed by atoms with Gasteiger partial charge >= 0.3 is 0 Å². The summed E-state index contributed by atoms with van der Waals surface area (Å²) in [5.41, 5.74) is 3.07. The van der Waals surface area contributed by atoms with Crippen molar-refractivity contribution < 1.29 is 9.78 Å². The summed E-state index contributed by atoms with van der Waals surface area (Å²) in [5, 5.41) is 0. The maximum Gasteiger partial charge on any atom is 0.256 e. The van der Waals surface area contributed by atoms with Crippen LogP contribution in [0.2, 0.25) is 0 Å². The Hall–Kier alpha value is -2.56. The number of fused-ring (bicyclic) bond motifs is 5. The molecule has 1 saturated heterocycles. The Kier molecular flexibility index (Phi) is 2.59. The second-order valence-electron chi connectivity index (χ2n) is 6.48. The Balaban J connectivity index is 1.82. The molecule has 0 bridgehead atoms. The highest BCUT2D eigenvalue weighted by atomic mass is 17.3. The van der Waals surface area contributed by atoms with Gasteiger partial charge in [-0.3, -0.25) is 0 Å². The van der Waals surface area contributed by atoms with Crippen LogP contribution in [0.3, 0.4) is 0 Å². The van der Waals surface area contributed by atoms with Gasteiger partial charge in [0, 0.05) is 37.6 Å². The van der Waals surface area contributed by atoms with Crippen molar-refractivity contribution in [2.24, 2.45) is 0 Å². The molecule has 0 N–H and O–H groups in total. The van der Waals surface area contributed by atoms with Crippen molar-refractivity contribution in [1.29, 1.82) is 0 Å². The van der Waals surface area contributed by atoms with E-state index in [4.69, 9.17) is 9.78 Å². The van der Waals surface area contributed by atoms with Crippen LogP contribution in [-0.4, -0.2) is 23.9 Å². The monoisotopic (exact) mass is 318 g/mol. The third-order valence-corrected chi connectivity index (χ3v) is 5.34. The SMILES string of the molecule is CN1C=Cc2ccccc2C12OOC21c2ccccc2C=CN1C. The summed E-state index contributed by atoms with van der Waals surface area (Å²) in [6, 6.07) is 16.7. The molecule has 2 atom stereocenters. The molecule has 2 aromatic carbocycles. The lowest BCUT2D eigenvalue weighted by Crippen LogP contribution is -2.74. The summed E-state index contributed by atoms with van der Waals surface area (Å²) in [5.74, 6) is 0. The Morgan fingerprint density at radius 3 is 1.50 bits per heavy atom. The van der Waals surface area contributed by atoms with Gasteiger partial charge in [-0.05, 0) is 23.3 Å². The molecule has 3 aliphatic rings. The predicted molar refractivity (Wildman–Crippen MR) is 92.0 cm³/mol. The van der Waals surface area contributed by atoms with E-state index in [-0.39, 0.29) is 0 Å². The number of nitrogens with zero attached hydrogens (tertiary/aromatic N) is 2. The third-order valence-electron chi connectivity index (χ3n) is 5.34. The Morgan fingerprint density at radius 1 is 0.667 bits per heavy atom. The molecule has 0 amide bonds. The summed E-state index contributed by atoms with van der Waals surface area (Å²) in [4.78, 5) is 16.0. The van der Waals surface area contributed by atoms with Crippen molar-refractivity contribution >= 4 is 12.2 Å². The molecule has 5 rings (SSSR count). The fraction of sp³-hybridized carbons (Fsp3) is 0.200. The molecule has 120 valence electrons. The summed E-state index contributed by atoms with van der Waals surface area (Å²) in [6.45, 7) is 0. The lowest BCUT2D eigenvalue weighted by atomic mass is 9.76. The second-order valence-corrected chi connectivity index (χ2v) is 6.48.